The molecule has 1 aliphatic heterocycles. The molecule has 1 aliphatic rings. The predicted octanol–water partition coefficient (Wildman–Crippen LogP) is 3.90. The van der Waals surface area contributed by atoms with Crippen molar-refractivity contribution in [3.63, 3.8) is 0 Å². The molecule has 2 aromatic rings. The van der Waals surface area contributed by atoms with E-state index in [4.69, 9.17) is 16.4 Å². The van der Waals surface area contributed by atoms with Gasteiger partial charge in [-0.3, -0.25) is 4.79 Å². The third-order valence-electron chi connectivity index (χ3n) is 4.00. The quantitative estimate of drug-likeness (QED) is 0.895. The molecule has 1 heterocycles. The molecule has 1 amide bonds. The van der Waals surface area contributed by atoms with Gasteiger partial charge < -0.3 is 10.2 Å². The van der Waals surface area contributed by atoms with Gasteiger partial charge in [0.15, 0.2) is 0 Å². The van der Waals surface area contributed by atoms with Crippen LogP contribution in [0, 0.1) is 0 Å². The molecule has 0 saturated carbocycles. The Bertz CT molecular complexity index is 746. The Balaban J connectivity index is 1.55. The fourth-order valence-electron chi connectivity index (χ4n) is 2.71. The Kier molecular flexibility index (Phi) is 5.16. The molecular formula is C19H19ClN2O2. The highest BCUT2D eigenvalue weighted by atomic mass is 35.5. The maximum Gasteiger partial charge on any atom is 0.264 e. The number of carbonyl (C=O) groups excluding carboxylic acids is 1. The maximum atomic E-state index is 12.4. The van der Waals surface area contributed by atoms with Crippen LogP contribution in [0.5, 0.6) is 0 Å². The Morgan fingerprint density at radius 2 is 1.96 bits per heavy atom. The van der Waals surface area contributed by atoms with Gasteiger partial charge in [0.05, 0.1) is 11.8 Å². The summed E-state index contributed by atoms with van der Waals surface area (Å²) in [7, 11) is 0. The molecule has 0 bridgehead atoms. The molecule has 1 N–H and O–H groups in total. The summed E-state index contributed by atoms with van der Waals surface area (Å²) in [6, 6.07) is 17.3. The van der Waals surface area contributed by atoms with Gasteiger partial charge in [-0.25, -0.2) is 0 Å². The molecule has 2 aromatic carbocycles. The number of oxime groups is 1. The Morgan fingerprint density at radius 1 is 1.25 bits per heavy atom. The minimum atomic E-state index is -0.575. The first-order chi connectivity index (χ1) is 11.6. The van der Waals surface area contributed by atoms with Crippen LogP contribution in [0.15, 0.2) is 59.8 Å². The largest absolute Gasteiger partial charge is 0.382 e. The average Bonchev–Trinajstić information content (AvgIpc) is 3.04. The van der Waals surface area contributed by atoms with E-state index in [1.54, 1.807) is 0 Å². The fraction of sp³-hybridized carbons (Fsp3) is 0.263. The Hall–Kier alpha value is -2.33. The normalized spacial score (nSPS) is 17.8. The van der Waals surface area contributed by atoms with Crippen LogP contribution < -0.4 is 5.32 Å². The van der Waals surface area contributed by atoms with Crippen molar-refractivity contribution in [1.82, 2.24) is 5.32 Å². The zero-order valence-corrected chi connectivity index (χ0v) is 14.2. The standard InChI is InChI=1S/C19H19ClN2O2/c1-13(16-9-5-6-10-17(16)20)21-19(23)18-12-15(22-24-18)11-14-7-3-2-4-8-14/h2-10,13,18H,11-12H2,1H3,(H,21,23)/t13-,18-/m0/s1. The van der Waals surface area contributed by atoms with Crippen LogP contribution in [-0.2, 0) is 16.1 Å². The number of nitrogens with one attached hydrogen (secondary N) is 1. The number of rotatable bonds is 5. The molecule has 0 aromatic heterocycles. The molecule has 24 heavy (non-hydrogen) atoms. The molecule has 0 fully saturated rings. The summed E-state index contributed by atoms with van der Waals surface area (Å²) in [6.07, 6.45) is 0.634. The van der Waals surface area contributed by atoms with Gasteiger partial charge in [-0.1, -0.05) is 65.3 Å². The zero-order chi connectivity index (χ0) is 16.9. The third kappa shape index (κ3) is 3.95. The van der Waals surface area contributed by atoms with Gasteiger partial charge >= 0.3 is 0 Å². The van der Waals surface area contributed by atoms with Crippen molar-refractivity contribution in [2.75, 3.05) is 0 Å². The number of carbonyl (C=O) groups is 1. The number of benzene rings is 2. The van der Waals surface area contributed by atoms with Crippen molar-refractivity contribution in [3.05, 3.63) is 70.7 Å². The molecule has 124 valence electrons. The van der Waals surface area contributed by atoms with Crippen LogP contribution in [0.2, 0.25) is 5.02 Å². The van der Waals surface area contributed by atoms with E-state index in [-0.39, 0.29) is 11.9 Å². The SMILES string of the molecule is C[C@H](NC(=O)[C@@H]1CC(Cc2ccccc2)=NO1)c1ccccc1Cl. The monoisotopic (exact) mass is 342 g/mol. The molecule has 0 aliphatic carbocycles. The van der Waals surface area contributed by atoms with Crippen molar-refractivity contribution in [3.8, 4) is 0 Å². The highest BCUT2D eigenvalue weighted by Crippen LogP contribution is 2.23. The third-order valence-corrected chi connectivity index (χ3v) is 4.35. The molecule has 0 unspecified atom stereocenters. The van der Waals surface area contributed by atoms with Gasteiger partial charge in [0, 0.05) is 17.9 Å². The lowest BCUT2D eigenvalue weighted by Gasteiger charge is -2.17. The molecule has 0 radical (unpaired) electrons. The maximum absolute atomic E-state index is 12.4. The van der Waals surface area contributed by atoms with E-state index in [1.807, 2.05) is 61.5 Å². The minimum absolute atomic E-state index is 0.172. The van der Waals surface area contributed by atoms with E-state index < -0.39 is 6.10 Å². The van der Waals surface area contributed by atoms with E-state index >= 15 is 0 Å². The average molecular weight is 343 g/mol. The van der Waals surface area contributed by atoms with Gasteiger partial charge in [0.1, 0.15) is 0 Å². The van der Waals surface area contributed by atoms with E-state index in [2.05, 4.69) is 10.5 Å². The van der Waals surface area contributed by atoms with Crippen molar-refractivity contribution < 1.29 is 9.63 Å². The summed E-state index contributed by atoms with van der Waals surface area (Å²) in [5, 5.41) is 7.64. The summed E-state index contributed by atoms with van der Waals surface area (Å²) >= 11 is 6.17. The van der Waals surface area contributed by atoms with Crippen LogP contribution in [0.3, 0.4) is 0 Å². The molecule has 0 spiro atoms. The van der Waals surface area contributed by atoms with Crippen LogP contribution in [-0.4, -0.2) is 17.7 Å². The number of hydrogen-bond donors (Lipinski definition) is 1. The van der Waals surface area contributed by atoms with Crippen LogP contribution in [0.4, 0.5) is 0 Å². The van der Waals surface area contributed by atoms with Crippen LogP contribution >= 0.6 is 11.6 Å². The van der Waals surface area contributed by atoms with Crippen LogP contribution in [0.1, 0.15) is 30.5 Å². The Labute approximate surface area is 146 Å². The fourth-order valence-corrected chi connectivity index (χ4v) is 3.01. The first-order valence-corrected chi connectivity index (χ1v) is 8.31. The second-order valence-electron chi connectivity index (χ2n) is 5.87. The van der Waals surface area contributed by atoms with Crippen molar-refractivity contribution in [1.29, 1.82) is 0 Å². The minimum Gasteiger partial charge on any atom is -0.382 e. The van der Waals surface area contributed by atoms with E-state index in [0.29, 0.717) is 17.9 Å². The number of hydrogen-bond acceptors (Lipinski definition) is 3. The topological polar surface area (TPSA) is 50.7 Å². The smallest absolute Gasteiger partial charge is 0.264 e. The van der Waals surface area contributed by atoms with E-state index in [0.717, 1.165) is 16.8 Å². The Morgan fingerprint density at radius 3 is 2.71 bits per heavy atom. The molecule has 5 heteroatoms. The van der Waals surface area contributed by atoms with Gasteiger partial charge in [0.2, 0.25) is 6.10 Å². The summed E-state index contributed by atoms with van der Waals surface area (Å²) < 4.78 is 0. The molecular weight excluding hydrogens is 324 g/mol. The van der Waals surface area contributed by atoms with Crippen molar-refractivity contribution >= 4 is 23.2 Å². The first kappa shape index (κ1) is 16.5. The summed E-state index contributed by atoms with van der Waals surface area (Å²) in [6.45, 7) is 1.90. The number of amides is 1. The van der Waals surface area contributed by atoms with Crippen molar-refractivity contribution in [2.45, 2.75) is 31.9 Å². The number of halogens is 1. The lowest BCUT2D eigenvalue weighted by atomic mass is 10.0. The van der Waals surface area contributed by atoms with Gasteiger partial charge in [-0.2, -0.15) is 0 Å². The summed E-state index contributed by atoms with van der Waals surface area (Å²) in [5.74, 6) is -0.172. The van der Waals surface area contributed by atoms with Crippen molar-refractivity contribution in [2.24, 2.45) is 5.16 Å². The van der Waals surface area contributed by atoms with E-state index in [1.165, 1.54) is 0 Å². The summed E-state index contributed by atoms with van der Waals surface area (Å²) in [4.78, 5) is 17.7. The highest BCUT2D eigenvalue weighted by molar-refractivity contribution is 6.31. The predicted molar refractivity (Wildman–Crippen MR) is 95.1 cm³/mol. The van der Waals surface area contributed by atoms with Gasteiger partial charge in [-0.05, 0) is 24.1 Å². The highest BCUT2D eigenvalue weighted by Gasteiger charge is 2.29. The van der Waals surface area contributed by atoms with Gasteiger partial charge in [0.25, 0.3) is 5.91 Å². The molecule has 2 atom stereocenters. The second-order valence-corrected chi connectivity index (χ2v) is 6.28. The zero-order valence-electron chi connectivity index (χ0n) is 13.4. The lowest BCUT2D eigenvalue weighted by Crippen LogP contribution is -2.36. The first-order valence-electron chi connectivity index (χ1n) is 7.94. The van der Waals surface area contributed by atoms with Crippen LogP contribution in [0.25, 0.3) is 0 Å². The second kappa shape index (κ2) is 7.49. The van der Waals surface area contributed by atoms with E-state index in [9.17, 15) is 4.79 Å². The molecule has 0 saturated heterocycles. The summed E-state index contributed by atoms with van der Waals surface area (Å²) in [5.41, 5.74) is 2.92. The molecule has 3 rings (SSSR count). The lowest BCUT2D eigenvalue weighted by molar-refractivity contribution is -0.131. The number of nitrogens with zero attached hydrogens (tertiary/aromatic N) is 1. The van der Waals surface area contributed by atoms with Gasteiger partial charge in [-0.15, -0.1) is 0 Å². The molecule has 4 nitrogen and oxygen atoms in total.